The van der Waals surface area contributed by atoms with Crippen molar-refractivity contribution in [2.45, 2.75) is 53.4 Å². The first kappa shape index (κ1) is 16.9. The molecule has 2 amide bonds. The molecule has 0 radical (unpaired) electrons. The van der Waals surface area contributed by atoms with Crippen molar-refractivity contribution in [1.29, 1.82) is 0 Å². The number of nitrogens with one attached hydrogen (secondary N) is 1. The van der Waals surface area contributed by atoms with Gasteiger partial charge in [-0.05, 0) is 25.7 Å². The number of amides is 2. The van der Waals surface area contributed by atoms with Crippen LogP contribution in [0.3, 0.4) is 0 Å². The molecule has 0 bridgehead atoms. The van der Waals surface area contributed by atoms with Crippen LogP contribution in [0.4, 0.5) is 0 Å². The van der Waals surface area contributed by atoms with Crippen LogP contribution in [0.25, 0.3) is 0 Å². The molecule has 0 saturated carbocycles. The van der Waals surface area contributed by atoms with Crippen LogP contribution in [0.5, 0.6) is 0 Å². The van der Waals surface area contributed by atoms with Crippen molar-refractivity contribution in [3.63, 3.8) is 0 Å². The highest BCUT2D eigenvalue weighted by atomic mass is 16.2. The number of rotatable bonds is 9. The number of hydrogen-bond acceptors (Lipinski definition) is 2. The van der Waals surface area contributed by atoms with Crippen LogP contribution in [-0.4, -0.2) is 18.4 Å². The molecule has 0 fully saturated rings. The highest BCUT2D eigenvalue weighted by molar-refractivity contribution is 5.86. The summed E-state index contributed by atoms with van der Waals surface area (Å²) in [5, 5.41) is 2.82. The third-order valence-electron chi connectivity index (χ3n) is 3.13. The Balaban J connectivity index is 4.84. The molecule has 0 aliphatic rings. The predicted molar refractivity (Wildman–Crippen MR) is 73.8 cm³/mol. The first-order chi connectivity index (χ1) is 8.43. The molecule has 1 unspecified atom stereocenters. The van der Waals surface area contributed by atoms with Gasteiger partial charge in [-0.3, -0.25) is 9.59 Å². The molecule has 0 rings (SSSR count). The summed E-state index contributed by atoms with van der Waals surface area (Å²) < 4.78 is 0. The van der Waals surface area contributed by atoms with E-state index in [9.17, 15) is 9.59 Å². The average Bonchev–Trinajstić information content (AvgIpc) is 2.27. The van der Waals surface area contributed by atoms with Gasteiger partial charge in [-0.25, -0.2) is 0 Å². The van der Waals surface area contributed by atoms with E-state index in [4.69, 9.17) is 5.73 Å². The van der Waals surface area contributed by atoms with Gasteiger partial charge in [-0.2, -0.15) is 0 Å². The summed E-state index contributed by atoms with van der Waals surface area (Å²) in [4.78, 5) is 23.6. The zero-order chi connectivity index (χ0) is 14.1. The van der Waals surface area contributed by atoms with E-state index in [0.717, 1.165) is 12.8 Å². The third-order valence-corrected chi connectivity index (χ3v) is 3.13. The minimum Gasteiger partial charge on any atom is -0.369 e. The number of unbranched alkanes of at least 4 members (excludes halogenated alkanes) is 1. The molecule has 4 heteroatoms. The van der Waals surface area contributed by atoms with E-state index in [-0.39, 0.29) is 23.7 Å². The van der Waals surface area contributed by atoms with E-state index in [1.165, 1.54) is 0 Å². The fourth-order valence-electron chi connectivity index (χ4n) is 2.23. The van der Waals surface area contributed by atoms with Gasteiger partial charge in [-0.1, -0.05) is 33.6 Å². The van der Waals surface area contributed by atoms with Crippen LogP contribution >= 0.6 is 0 Å². The van der Waals surface area contributed by atoms with Gasteiger partial charge in [0, 0.05) is 18.4 Å². The van der Waals surface area contributed by atoms with Crippen LogP contribution in [-0.2, 0) is 9.59 Å². The van der Waals surface area contributed by atoms with E-state index in [1.807, 2.05) is 6.92 Å². The number of primary amides is 1. The molecule has 0 aromatic rings. The lowest BCUT2D eigenvalue weighted by Crippen LogP contribution is -2.41. The molecule has 2 atom stereocenters. The van der Waals surface area contributed by atoms with Crippen molar-refractivity contribution >= 4 is 11.8 Å². The number of nitrogens with two attached hydrogens (primary N) is 1. The Kier molecular flexibility index (Phi) is 8.42. The summed E-state index contributed by atoms with van der Waals surface area (Å²) in [7, 11) is 0. The van der Waals surface area contributed by atoms with E-state index in [1.54, 1.807) is 0 Å². The van der Waals surface area contributed by atoms with E-state index in [0.29, 0.717) is 25.3 Å². The monoisotopic (exact) mass is 256 g/mol. The minimum atomic E-state index is -0.347. The molecule has 0 spiro atoms. The predicted octanol–water partition coefficient (Wildman–Crippen LogP) is 2.08. The molecule has 0 aromatic heterocycles. The maximum absolute atomic E-state index is 12.1. The minimum absolute atomic E-state index is 0.0360. The van der Waals surface area contributed by atoms with Gasteiger partial charge in [0.1, 0.15) is 0 Å². The van der Waals surface area contributed by atoms with Gasteiger partial charge in [0.25, 0.3) is 0 Å². The second-order valence-corrected chi connectivity index (χ2v) is 5.28. The van der Waals surface area contributed by atoms with Crippen LogP contribution in [0.1, 0.15) is 53.4 Å². The summed E-state index contributed by atoms with van der Waals surface area (Å²) in [6.45, 7) is 8.66. The Bertz CT molecular complexity index is 265. The van der Waals surface area contributed by atoms with Gasteiger partial charge in [0.2, 0.25) is 11.8 Å². The van der Waals surface area contributed by atoms with E-state index >= 15 is 0 Å². The summed E-state index contributed by atoms with van der Waals surface area (Å²) in [5.41, 5.74) is 5.47. The van der Waals surface area contributed by atoms with Crippen molar-refractivity contribution in [3.05, 3.63) is 0 Å². The molecule has 18 heavy (non-hydrogen) atoms. The topological polar surface area (TPSA) is 72.2 Å². The van der Waals surface area contributed by atoms with Gasteiger partial charge in [-0.15, -0.1) is 0 Å². The highest BCUT2D eigenvalue weighted by Crippen LogP contribution is 2.25. The first-order valence-electron chi connectivity index (χ1n) is 7.00. The quantitative estimate of drug-likeness (QED) is 0.663. The fraction of sp³-hybridized carbons (Fsp3) is 0.857. The van der Waals surface area contributed by atoms with Gasteiger partial charge in [0.05, 0.1) is 0 Å². The molecule has 0 aromatic carbocycles. The van der Waals surface area contributed by atoms with Crippen molar-refractivity contribution < 1.29 is 9.59 Å². The van der Waals surface area contributed by atoms with Gasteiger partial charge >= 0.3 is 0 Å². The first-order valence-corrected chi connectivity index (χ1v) is 7.00. The maximum Gasteiger partial charge on any atom is 0.223 e. The number of carbonyl (C=O) groups excluding carboxylic acids is 2. The zero-order valence-electron chi connectivity index (χ0n) is 12.2. The summed E-state index contributed by atoms with van der Waals surface area (Å²) in [5.74, 6) is -0.625. The molecule has 0 aliphatic heterocycles. The van der Waals surface area contributed by atoms with Crippen molar-refractivity contribution in [3.8, 4) is 0 Å². The Hall–Kier alpha value is -1.06. The average molecular weight is 256 g/mol. The smallest absolute Gasteiger partial charge is 0.223 e. The lowest BCUT2D eigenvalue weighted by molar-refractivity contribution is -0.134. The summed E-state index contributed by atoms with van der Waals surface area (Å²) in [6, 6.07) is 0. The standard InChI is InChI=1S/C14H28N2O2/c1-5-7-8-11(13(15)17)12(9-10(3)4)14(18)16-6-2/h10-12H,5-9H2,1-4H3,(H2,15,17)(H,16,18)/t11?,12-/m1/s1. The van der Waals surface area contributed by atoms with E-state index < -0.39 is 0 Å². The number of carbonyl (C=O) groups is 2. The van der Waals surface area contributed by atoms with Gasteiger partial charge < -0.3 is 11.1 Å². The Morgan fingerprint density at radius 3 is 2.17 bits per heavy atom. The lowest BCUT2D eigenvalue weighted by atomic mass is 9.81. The fourth-order valence-corrected chi connectivity index (χ4v) is 2.23. The second kappa shape index (κ2) is 8.95. The van der Waals surface area contributed by atoms with Crippen LogP contribution in [0.2, 0.25) is 0 Å². The second-order valence-electron chi connectivity index (χ2n) is 5.28. The van der Waals surface area contributed by atoms with Crippen molar-refractivity contribution in [2.24, 2.45) is 23.5 Å². The summed E-state index contributed by atoms with van der Waals surface area (Å²) in [6.07, 6.45) is 3.36. The zero-order valence-corrected chi connectivity index (χ0v) is 12.2. The van der Waals surface area contributed by atoms with Crippen molar-refractivity contribution in [2.75, 3.05) is 6.54 Å². The van der Waals surface area contributed by atoms with E-state index in [2.05, 4.69) is 26.1 Å². The third kappa shape index (κ3) is 6.03. The Morgan fingerprint density at radius 1 is 1.17 bits per heavy atom. The van der Waals surface area contributed by atoms with Gasteiger partial charge in [0.15, 0.2) is 0 Å². The number of hydrogen-bond donors (Lipinski definition) is 2. The van der Waals surface area contributed by atoms with Crippen LogP contribution in [0.15, 0.2) is 0 Å². The molecule has 3 N–H and O–H groups in total. The molecule has 106 valence electrons. The molecule has 4 nitrogen and oxygen atoms in total. The van der Waals surface area contributed by atoms with Crippen LogP contribution < -0.4 is 11.1 Å². The van der Waals surface area contributed by atoms with Crippen molar-refractivity contribution in [1.82, 2.24) is 5.32 Å². The lowest BCUT2D eigenvalue weighted by Gasteiger charge is -2.25. The SMILES string of the molecule is CCCCC(C(N)=O)[C@@H](CC(C)C)C(=O)NCC. The summed E-state index contributed by atoms with van der Waals surface area (Å²) >= 11 is 0. The Labute approximate surface area is 111 Å². The van der Waals surface area contributed by atoms with Crippen LogP contribution in [0, 0.1) is 17.8 Å². The molecular formula is C14H28N2O2. The molecular weight excluding hydrogens is 228 g/mol. The maximum atomic E-state index is 12.1. The highest BCUT2D eigenvalue weighted by Gasteiger charge is 2.31. The Morgan fingerprint density at radius 2 is 1.78 bits per heavy atom. The normalized spacial score (nSPS) is 14.3. The largest absolute Gasteiger partial charge is 0.369 e. The molecule has 0 saturated heterocycles. The molecule has 0 aliphatic carbocycles. The molecule has 0 heterocycles.